The lowest BCUT2D eigenvalue weighted by molar-refractivity contribution is 0.959. The highest BCUT2D eigenvalue weighted by Crippen LogP contribution is 2.21. The molecule has 4 rings (SSSR count). The van der Waals surface area contributed by atoms with E-state index in [1.165, 1.54) is 4.57 Å². The van der Waals surface area contributed by atoms with Crippen LogP contribution in [0.3, 0.4) is 0 Å². The smallest absolute Gasteiger partial charge is 0.265 e. The first-order chi connectivity index (χ1) is 12.1. The fourth-order valence-corrected chi connectivity index (χ4v) is 3.34. The van der Waals surface area contributed by atoms with Gasteiger partial charge < -0.3 is 0 Å². The van der Waals surface area contributed by atoms with Crippen LogP contribution in [0.25, 0.3) is 27.2 Å². The Balaban J connectivity index is 2.36. The van der Waals surface area contributed by atoms with E-state index in [4.69, 9.17) is 0 Å². The number of hydrogen-bond donors (Lipinski definition) is 0. The van der Waals surface area contributed by atoms with E-state index in [1.807, 2.05) is 68.4 Å². The van der Waals surface area contributed by atoms with E-state index in [0.29, 0.717) is 16.5 Å². The van der Waals surface area contributed by atoms with Crippen molar-refractivity contribution in [1.82, 2.24) is 4.57 Å². The minimum atomic E-state index is -0.287. The first-order valence-corrected chi connectivity index (χ1v) is 8.23. The summed E-state index contributed by atoms with van der Waals surface area (Å²) in [5.74, 6) is 0. The van der Waals surface area contributed by atoms with Crippen molar-refractivity contribution < 1.29 is 0 Å². The predicted molar refractivity (Wildman–Crippen MR) is 103 cm³/mol. The van der Waals surface area contributed by atoms with Crippen molar-refractivity contribution in [1.29, 1.82) is 0 Å². The van der Waals surface area contributed by atoms with Gasteiger partial charge >= 0.3 is 0 Å². The molecule has 0 bridgehead atoms. The summed E-state index contributed by atoms with van der Waals surface area (Å²) in [6, 6.07) is 20.5. The molecule has 0 amide bonds. The first-order valence-electron chi connectivity index (χ1n) is 8.23. The predicted octanol–water partition coefficient (Wildman–Crippen LogP) is 4.12. The van der Waals surface area contributed by atoms with Crippen LogP contribution in [-0.2, 0) is 0 Å². The maximum Gasteiger partial charge on any atom is 0.265 e. The molecular formula is C22H17NO2. The fourth-order valence-electron chi connectivity index (χ4n) is 3.34. The monoisotopic (exact) mass is 327 g/mol. The lowest BCUT2D eigenvalue weighted by atomic mass is 10.1. The summed E-state index contributed by atoms with van der Waals surface area (Å²) in [6.45, 7) is 3.92. The molecule has 0 aliphatic rings. The van der Waals surface area contributed by atoms with Crippen molar-refractivity contribution in [3.63, 3.8) is 0 Å². The molecule has 0 radical (unpaired) electrons. The summed E-state index contributed by atoms with van der Waals surface area (Å²) in [5, 5.41) is 2.68. The van der Waals surface area contributed by atoms with Crippen LogP contribution in [0.4, 0.5) is 0 Å². The van der Waals surface area contributed by atoms with Gasteiger partial charge in [0.15, 0.2) is 0 Å². The number of benzene rings is 3. The van der Waals surface area contributed by atoms with Gasteiger partial charge in [0.05, 0.1) is 5.69 Å². The number of hydrogen-bond acceptors (Lipinski definition) is 2. The summed E-state index contributed by atoms with van der Waals surface area (Å²) in [4.78, 5) is 26.6. The zero-order valence-electron chi connectivity index (χ0n) is 14.1. The van der Waals surface area contributed by atoms with Crippen molar-refractivity contribution >= 4 is 21.5 Å². The molecule has 122 valence electrons. The van der Waals surface area contributed by atoms with Gasteiger partial charge in [-0.1, -0.05) is 48.5 Å². The van der Waals surface area contributed by atoms with E-state index in [2.05, 4.69) is 0 Å². The van der Waals surface area contributed by atoms with Crippen LogP contribution in [0, 0.1) is 13.8 Å². The number of fused-ring (bicyclic) bond motifs is 3. The largest absolute Gasteiger partial charge is 0.268 e. The van der Waals surface area contributed by atoms with Crippen molar-refractivity contribution in [2.45, 2.75) is 13.8 Å². The standard InChI is InChI=1S/C22H17NO2/c1-14-8-7-13-20(15(14)2)23-21(24)18-11-5-3-9-16(18)17-10-4-6-12-19(17)22(23)25/h3-13H,1-2H3. The van der Waals surface area contributed by atoms with E-state index in [1.54, 1.807) is 12.1 Å². The molecule has 0 N–H and O–H groups in total. The molecule has 0 saturated carbocycles. The Morgan fingerprint density at radius 2 is 1.08 bits per heavy atom. The summed E-state index contributed by atoms with van der Waals surface area (Å²) in [7, 11) is 0. The van der Waals surface area contributed by atoms with E-state index in [0.717, 1.165) is 21.9 Å². The minimum absolute atomic E-state index is 0.287. The number of aryl methyl sites for hydroxylation is 1. The third-order valence-corrected chi connectivity index (χ3v) is 4.83. The number of nitrogens with zero attached hydrogens (tertiary/aromatic N) is 1. The minimum Gasteiger partial charge on any atom is -0.268 e. The Kier molecular flexibility index (Phi) is 3.50. The molecular weight excluding hydrogens is 310 g/mol. The molecule has 3 aromatic carbocycles. The van der Waals surface area contributed by atoms with Crippen LogP contribution >= 0.6 is 0 Å². The molecule has 4 aromatic rings. The molecule has 0 aliphatic heterocycles. The van der Waals surface area contributed by atoms with Gasteiger partial charge in [0, 0.05) is 10.8 Å². The topological polar surface area (TPSA) is 39.1 Å². The van der Waals surface area contributed by atoms with Gasteiger partial charge in [-0.3, -0.25) is 9.59 Å². The zero-order valence-corrected chi connectivity index (χ0v) is 14.1. The van der Waals surface area contributed by atoms with Crippen molar-refractivity contribution in [3.8, 4) is 5.69 Å². The normalized spacial score (nSPS) is 11.1. The number of aromatic nitrogens is 1. The maximum absolute atomic E-state index is 13.3. The summed E-state index contributed by atoms with van der Waals surface area (Å²) in [6.07, 6.45) is 0. The lowest BCUT2D eigenvalue weighted by Crippen LogP contribution is -2.29. The van der Waals surface area contributed by atoms with E-state index < -0.39 is 0 Å². The molecule has 0 fully saturated rings. The van der Waals surface area contributed by atoms with Gasteiger partial charge in [0.1, 0.15) is 0 Å². The van der Waals surface area contributed by atoms with Crippen molar-refractivity contribution in [2.75, 3.05) is 0 Å². The Morgan fingerprint density at radius 1 is 0.600 bits per heavy atom. The lowest BCUT2D eigenvalue weighted by Gasteiger charge is -2.09. The van der Waals surface area contributed by atoms with Crippen LogP contribution in [-0.4, -0.2) is 4.57 Å². The summed E-state index contributed by atoms with van der Waals surface area (Å²) >= 11 is 0. The zero-order chi connectivity index (χ0) is 17.6. The Labute approximate surface area is 144 Å². The molecule has 0 saturated heterocycles. The first kappa shape index (κ1) is 15.3. The Morgan fingerprint density at radius 3 is 1.60 bits per heavy atom. The van der Waals surface area contributed by atoms with Crippen LogP contribution in [0.15, 0.2) is 76.3 Å². The van der Waals surface area contributed by atoms with Gasteiger partial charge in [0.25, 0.3) is 11.1 Å². The molecule has 1 aromatic heterocycles. The average Bonchev–Trinajstić information content (AvgIpc) is 2.73. The second-order valence-corrected chi connectivity index (χ2v) is 6.26. The molecule has 3 nitrogen and oxygen atoms in total. The second-order valence-electron chi connectivity index (χ2n) is 6.26. The Hall–Kier alpha value is -3.20. The summed E-state index contributed by atoms with van der Waals surface area (Å²) in [5.41, 5.74) is 2.04. The van der Waals surface area contributed by atoms with Crippen LogP contribution < -0.4 is 11.1 Å². The highest BCUT2D eigenvalue weighted by molar-refractivity contribution is 6.05. The number of rotatable bonds is 1. The SMILES string of the molecule is Cc1cccc(-n2c(=O)c3ccccc3c3ccccc3c2=O)c1C. The van der Waals surface area contributed by atoms with Crippen LogP contribution in [0.5, 0.6) is 0 Å². The summed E-state index contributed by atoms with van der Waals surface area (Å²) < 4.78 is 1.31. The van der Waals surface area contributed by atoms with Gasteiger partial charge in [-0.15, -0.1) is 0 Å². The fraction of sp³-hybridized carbons (Fsp3) is 0.0909. The van der Waals surface area contributed by atoms with Crippen LogP contribution in [0.1, 0.15) is 11.1 Å². The average molecular weight is 327 g/mol. The van der Waals surface area contributed by atoms with Gasteiger partial charge in [-0.25, -0.2) is 4.57 Å². The highest BCUT2D eigenvalue weighted by atomic mass is 16.2. The quantitative estimate of drug-likeness (QED) is 0.527. The molecule has 0 atom stereocenters. The maximum atomic E-state index is 13.3. The van der Waals surface area contributed by atoms with E-state index in [-0.39, 0.29) is 11.1 Å². The highest BCUT2D eigenvalue weighted by Gasteiger charge is 2.13. The van der Waals surface area contributed by atoms with Crippen LogP contribution in [0.2, 0.25) is 0 Å². The van der Waals surface area contributed by atoms with E-state index >= 15 is 0 Å². The van der Waals surface area contributed by atoms with Gasteiger partial charge in [0.2, 0.25) is 0 Å². The Bertz CT molecular complexity index is 1180. The molecule has 0 spiro atoms. The van der Waals surface area contributed by atoms with E-state index in [9.17, 15) is 9.59 Å². The van der Waals surface area contributed by atoms with Crippen molar-refractivity contribution in [3.05, 3.63) is 98.6 Å². The third-order valence-electron chi connectivity index (χ3n) is 4.83. The van der Waals surface area contributed by atoms with Crippen molar-refractivity contribution in [2.24, 2.45) is 0 Å². The molecule has 25 heavy (non-hydrogen) atoms. The molecule has 0 unspecified atom stereocenters. The second kappa shape index (κ2) is 5.71. The third kappa shape index (κ3) is 2.28. The van der Waals surface area contributed by atoms with Gasteiger partial charge in [-0.05, 0) is 53.9 Å². The molecule has 3 heteroatoms. The molecule has 0 aliphatic carbocycles. The van der Waals surface area contributed by atoms with Gasteiger partial charge in [-0.2, -0.15) is 0 Å². The molecule has 1 heterocycles.